The average Bonchev–Trinajstić information content (AvgIpc) is 2.06. The summed E-state index contributed by atoms with van der Waals surface area (Å²) >= 11 is 0. The lowest BCUT2D eigenvalue weighted by atomic mass is 9.76. The van der Waals surface area contributed by atoms with E-state index < -0.39 is 5.60 Å². The van der Waals surface area contributed by atoms with Crippen molar-refractivity contribution in [3.8, 4) is 0 Å². The molecular formula is C10H18O2. The van der Waals surface area contributed by atoms with Crippen LogP contribution in [0.2, 0.25) is 0 Å². The van der Waals surface area contributed by atoms with E-state index in [4.69, 9.17) is 0 Å². The van der Waals surface area contributed by atoms with Crippen LogP contribution in [0.4, 0.5) is 0 Å². The number of hydrogen-bond donors (Lipinski definition) is 1. The Morgan fingerprint density at radius 1 is 1.42 bits per heavy atom. The van der Waals surface area contributed by atoms with Gasteiger partial charge in [0, 0.05) is 6.42 Å². The van der Waals surface area contributed by atoms with Crippen LogP contribution < -0.4 is 0 Å². The maximum atomic E-state index is 10.3. The topological polar surface area (TPSA) is 37.3 Å². The quantitative estimate of drug-likeness (QED) is 0.657. The van der Waals surface area contributed by atoms with E-state index in [-0.39, 0.29) is 6.42 Å². The fourth-order valence-electron chi connectivity index (χ4n) is 2.06. The Morgan fingerprint density at radius 3 is 2.50 bits per heavy atom. The summed E-state index contributed by atoms with van der Waals surface area (Å²) in [5, 5.41) is 9.91. The molecule has 1 fully saturated rings. The molecule has 0 unspecified atom stereocenters. The van der Waals surface area contributed by atoms with Crippen LogP contribution in [0.1, 0.15) is 45.4 Å². The van der Waals surface area contributed by atoms with Gasteiger partial charge in [-0.25, -0.2) is 0 Å². The Bertz CT molecular complexity index is 146. The Labute approximate surface area is 74.0 Å². The third-order valence-electron chi connectivity index (χ3n) is 2.98. The van der Waals surface area contributed by atoms with Crippen LogP contribution >= 0.6 is 0 Å². The van der Waals surface area contributed by atoms with Crippen molar-refractivity contribution in [3.63, 3.8) is 0 Å². The van der Waals surface area contributed by atoms with Crippen LogP contribution in [0, 0.1) is 5.92 Å². The van der Waals surface area contributed by atoms with E-state index in [1.165, 1.54) is 19.3 Å². The molecule has 0 bridgehead atoms. The largest absolute Gasteiger partial charge is 0.389 e. The lowest BCUT2D eigenvalue weighted by molar-refractivity contribution is -0.114. The highest BCUT2D eigenvalue weighted by atomic mass is 16.3. The predicted molar refractivity (Wildman–Crippen MR) is 47.9 cm³/mol. The molecule has 0 saturated heterocycles. The summed E-state index contributed by atoms with van der Waals surface area (Å²) in [7, 11) is 0. The van der Waals surface area contributed by atoms with Crippen molar-refractivity contribution in [1.82, 2.24) is 0 Å². The fourth-order valence-corrected chi connectivity index (χ4v) is 2.06. The second-order valence-corrected chi connectivity index (χ2v) is 4.06. The van der Waals surface area contributed by atoms with Crippen LogP contribution in [0.15, 0.2) is 0 Å². The molecule has 0 spiro atoms. The van der Waals surface area contributed by atoms with E-state index in [2.05, 4.69) is 0 Å². The molecule has 1 aliphatic rings. The van der Waals surface area contributed by atoms with E-state index in [0.717, 1.165) is 19.1 Å². The molecule has 0 aliphatic heterocycles. The summed E-state index contributed by atoms with van der Waals surface area (Å²) in [6.07, 6.45) is 6.99. The van der Waals surface area contributed by atoms with Gasteiger partial charge >= 0.3 is 0 Å². The van der Waals surface area contributed by atoms with E-state index in [1.54, 1.807) is 6.92 Å². The van der Waals surface area contributed by atoms with Gasteiger partial charge < -0.3 is 9.90 Å². The average molecular weight is 170 g/mol. The van der Waals surface area contributed by atoms with Crippen LogP contribution in [-0.4, -0.2) is 17.0 Å². The smallest absolute Gasteiger partial charge is 0.122 e. The number of aliphatic hydroxyl groups is 1. The molecule has 1 rings (SSSR count). The standard InChI is InChI=1S/C10H18O2/c1-10(12,7-8-11)9-5-3-2-4-6-9/h8-9,12H,2-7H2,1H3/t10-/m1/s1. The van der Waals surface area contributed by atoms with Crippen molar-refractivity contribution in [1.29, 1.82) is 0 Å². The lowest BCUT2D eigenvalue weighted by Crippen LogP contribution is -2.36. The van der Waals surface area contributed by atoms with Gasteiger partial charge in [0.1, 0.15) is 6.29 Å². The van der Waals surface area contributed by atoms with Crippen molar-refractivity contribution < 1.29 is 9.90 Å². The highest BCUT2D eigenvalue weighted by molar-refractivity contribution is 5.51. The molecule has 0 aromatic rings. The number of rotatable bonds is 3. The lowest BCUT2D eigenvalue weighted by Gasteiger charge is -2.34. The second-order valence-electron chi connectivity index (χ2n) is 4.06. The minimum atomic E-state index is -0.748. The van der Waals surface area contributed by atoms with Crippen LogP contribution in [-0.2, 0) is 4.79 Å². The van der Waals surface area contributed by atoms with Gasteiger partial charge in [-0.15, -0.1) is 0 Å². The van der Waals surface area contributed by atoms with Crippen molar-refractivity contribution in [2.24, 2.45) is 5.92 Å². The van der Waals surface area contributed by atoms with Gasteiger partial charge in [0.25, 0.3) is 0 Å². The molecule has 0 radical (unpaired) electrons. The molecule has 1 N–H and O–H groups in total. The van der Waals surface area contributed by atoms with E-state index >= 15 is 0 Å². The zero-order chi connectivity index (χ0) is 9.03. The Balaban J connectivity index is 2.47. The predicted octanol–water partition coefficient (Wildman–Crippen LogP) is 1.91. The summed E-state index contributed by atoms with van der Waals surface area (Å²) < 4.78 is 0. The molecule has 0 aromatic carbocycles. The maximum Gasteiger partial charge on any atom is 0.122 e. The molecule has 0 amide bonds. The molecular weight excluding hydrogens is 152 g/mol. The molecule has 0 aromatic heterocycles. The second kappa shape index (κ2) is 4.04. The van der Waals surface area contributed by atoms with E-state index in [1.807, 2.05) is 0 Å². The molecule has 1 saturated carbocycles. The molecule has 1 atom stereocenters. The molecule has 2 heteroatoms. The monoisotopic (exact) mass is 170 g/mol. The Morgan fingerprint density at radius 2 is 2.00 bits per heavy atom. The summed E-state index contributed by atoms with van der Waals surface area (Å²) in [5.41, 5.74) is -0.748. The zero-order valence-corrected chi connectivity index (χ0v) is 7.75. The van der Waals surface area contributed by atoms with Crippen LogP contribution in [0.25, 0.3) is 0 Å². The van der Waals surface area contributed by atoms with Crippen molar-refractivity contribution in [2.45, 2.75) is 51.0 Å². The fraction of sp³-hybridized carbons (Fsp3) is 0.900. The minimum absolute atomic E-state index is 0.289. The van der Waals surface area contributed by atoms with Gasteiger partial charge in [0.15, 0.2) is 0 Å². The number of aldehydes is 1. The third-order valence-corrected chi connectivity index (χ3v) is 2.98. The van der Waals surface area contributed by atoms with Crippen molar-refractivity contribution in [3.05, 3.63) is 0 Å². The molecule has 12 heavy (non-hydrogen) atoms. The first-order valence-electron chi connectivity index (χ1n) is 4.83. The first kappa shape index (κ1) is 9.72. The number of hydrogen-bond acceptors (Lipinski definition) is 2. The highest BCUT2D eigenvalue weighted by Crippen LogP contribution is 2.33. The Kier molecular flexibility index (Phi) is 3.27. The van der Waals surface area contributed by atoms with Crippen molar-refractivity contribution in [2.75, 3.05) is 0 Å². The molecule has 0 heterocycles. The summed E-state index contributed by atoms with van der Waals surface area (Å²) in [6, 6.07) is 0. The summed E-state index contributed by atoms with van der Waals surface area (Å²) in [5.74, 6) is 0.344. The SMILES string of the molecule is C[C@@](O)(CC=O)C1CCCCC1. The number of carbonyl (C=O) groups excluding carboxylic acids is 1. The van der Waals surface area contributed by atoms with Crippen molar-refractivity contribution >= 4 is 6.29 Å². The van der Waals surface area contributed by atoms with Crippen LogP contribution in [0.5, 0.6) is 0 Å². The zero-order valence-electron chi connectivity index (χ0n) is 7.75. The molecule has 1 aliphatic carbocycles. The summed E-state index contributed by atoms with van der Waals surface area (Å²) in [6.45, 7) is 1.79. The van der Waals surface area contributed by atoms with Gasteiger partial charge in [0.2, 0.25) is 0 Å². The Hall–Kier alpha value is -0.370. The van der Waals surface area contributed by atoms with Gasteiger partial charge in [0.05, 0.1) is 5.60 Å². The minimum Gasteiger partial charge on any atom is -0.389 e. The molecule has 70 valence electrons. The highest BCUT2D eigenvalue weighted by Gasteiger charge is 2.31. The van der Waals surface area contributed by atoms with E-state index in [0.29, 0.717) is 5.92 Å². The first-order valence-corrected chi connectivity index (χ1v) is 4.83. The van der Waals surface area contributed by atoms with Crippen LogP contribution in [0.3, 0.4) is 0 Å². The first-order chi connectivity index (χ1) is 5.67. The molecule has 2 nitrogen and oxygen atoms in total. The summed E-state index contributed by atoms with van der Waals surface area (Å²) in [4.78, 5) is 10.3. The van der Waals surface area contributed by atoms with Gasteiger partial charge in [-0.2, -0.15) is 0 Å². The van der Waals surface area contributed by atoms with E-state index in [9.17, 15) is 9.90 Å². The van der Waals surface area contributed by atoms with Gasteiger partial charge in [-0.05, 0) is 25.7 Å². The maximum absolute atomic E-state index is 10.3. The third kappa shape index (κ3) is 2.31. The van der Waals surface area contributed by atoms with Gasteiger partial charge in [-0.1, -0.05) is 19.3 Å². The van der Waals surface area contributed by atoms with Gasteiger partial charge in [-0.3, -0.25) is 0 Å². The number of carbonyl (C=O) groups is 1. The normalized spacial score (nSPS) is 24.8.